The van der Waals surface area contributed by atoms with E-state index >= 15 is 0 Å². The first-order valence-corrected chi connectivity index (χ1v) is 8.07. The minimum Gasteiger partial charge on any atom is -0.496 e. The zero-order valence-corrected chi connectivity index (χ0v) is 14.9. The molecule has 0 saturated heterocycles. The maximum atomic E-state index is 6.18. The van der Waals surface area contributed by atoms with Crippen molar-refractivity contribution in [3.05, 3.63) is 62.8 Å². The molecule has 3 aromatic rings. The molecular formula is C16H12Cl2N4OS. The number of hydrogen-bond acceptors (Lipinski definition) is 4. The van der Waals surface area contributed by atoms with Crippen LogP contribution in [-0.2, 0) is 0 Å². The Morgan fingerprint density at radius 2 is 2.00 bits per heavy atom. The highest BCUT2D eigenvalue weighted by Crippen LogP contribution is 2.28. The predicted molar refractivity (Wildman–Crippen MR) is 98.9 cm³/mol. The van der Waals surface area contributed by atoms with E-state index in [1.807, 2.05) is 30.3 Å². The molecule has 0 atom stereocenters. The largest absolute Gasteiger partial charge is 0.496 e. The maximum Gasteiger partial charge on any atom is 0.216 e. The van der Waals surface area contributed by atoms with Crippen LogP contribution in [0, 0.1) is 4.77 Å². The Morgan fingerprint density at radius 3 is 2.79 bits per heavy atom. The van der Waals surface area contributed by atoms with Crippen LogP contribution in [-0.4, -0.2) is 28.2 Å². The first kappa shape index (κ1) is 16.7. The number of benzene rings is 2. The van der Waals surface area contributed by atoms with Crippen molar-refractivity contribution in [1.29, 1.82) is 0 Å². The minimum atomic E-state index is 0.352. The fraction of sp³-hybridized carbons (Fsp3) is 0.0625. The molecule has 0 spiro atoms. The monoisotopic (exact) mass is 378 g/mol. The highest BCUT2D eigenvalue weighted by molar-refractivity contribution is 7.71. The van der Waals surface area contributed by atoms with Crippen molar-refractivity contribution in [2.24, 2.45) is 5.10 Å². The molecule has 1 aromatic heterocycles. The molecule has 0 bridgehead atoms. The molecule has 24 heavy (non-hydrogen) atoms. The molecule has 122 valence electrons. The van der Waals surface area contributed by atoms with Gasteiger partial charge in [0.05, 0.1) is 28.9 Å². The first-order valence-electron chi connectivity index (χ1n) is 6.91. The fourth-order valence-corrected chi connectivity index (χ4v) is 2.68. The van der Waals surface area contributed by atoms with E-state index in [0.29, 0.717) is 32.0 Å². The number of H-pyrrole nitrogens is 1. The van der Waals surface area contributed by atoms with Gasteiger partial charge in [-0.2, -0.15) is 14.9 Å². The molecule has 0 fully saturated rings. The zero-order chi connectivity index (χ0) is 17.1. The molecule has 0 amide bonds. The summed E-state index contributed by atoms with van der Waals surface area (Å²) in [6, 6.07) is 12.8. The SMILES string of the molecule is COc1ccccc1-c1n[nH]c(=S)n1/N=C\c1cccc(Cl)c1Cl. The maximum absolute atomic E-state index is 6.18. The van der Waals surface area contributed by atoms with E-state index in [2.05, 4.69) is 15.3 Å². The van der Waals surface area contributed by atoms with Gasteiger partial charge in [-0.15, -0.1) is 0 Å². The zero-order valence-electron chi connectivity index (χ0n) is 12.5. The summed E-state index contributed by atoms with van der Waals surface area (Å²) < 4.78 is 7.23. The summed E-state index contributed by atoms with van der Waals surface area (Å²) in [7, 11) is 1.60. The van der Waals surface area contributed by atoms with Crippen molar-refractivity contribution < 1.29 is 4.74 Å². The quantitative estimate of drug-likeness (QED) is 0.523. The third-order valence-electron chi connectivity index (χ3n) is 3.29. The van der Waals surface area contributed by atoms with Crippen molar-refractivity contribution >= 4 is 41.6 Å². The number of rotatable bonds is 4. The third kappa shape index (κ3) is 3.21. The Morgan fingerprint density at radius 1 is 1.21 bits per heavy atom. The van der Waals surface area contributed by atoms with Gasteiger partial charge in [-0.1, -0.05) is 47.5 Å². The molecule has 2 aromatic carbocycles. The summed E-state index contributed by atoms with van der Waals surface area (Å²) in [6.45, 7) is 0. The van der Waals surface area contributed by atoms with Crippen LogP contribution >= 0.6 is 35.4 Å². The smallest absolute Gasteiger partial charge is 0.216 e. The van der Waals surface area contributed by atoms with Gasteiger partial charge in [0.1, 0.15) is 5.75 Å². The van der Waals surface area contributed by atoms with Crippen LogP contribution < -0.4 is 4.74 Å². The van der Waals surface area contributed by atoms with Crippen molar-refractivity contribution in [2.45, 2.75) is 0 Å². The molecular weight excluding hydrogens is 367 g/mol. The van der Waals surface area contributed by atoms with Crippen molar-refractivity contribution in [3.63, 3.8) is 0 Å². The standard InChI is InChI=1S/C16H12Cl2N4OS/c1-23-13-8-3-2-6-11(13)15-20-21-16(24)22(15)19-9-10-5-4-7-12(17)14(10)18/h2-9H,1H3,(H,21,24)/b19-9-. The van der Waals surface area contributed by atoms with Crippen LogP contribution in [0.3, 0.4) is 0 Å². The highest BCUT2D eigenvalue weighted by atomic mass is 35.5. The molecule has 8 heteroatoms. The van der Waals surface area contributed by atoms with Gasteiger partial charge in [0.15, 0.2) is 5.82 Å². The third-order valence-corrected chi connectivity index (χ3v) is 4.39. The number of aromatic nitrogens is 3. The molecule has 1 N–H and O–H groups in total. The number of halogens is 2. The Balaban J connectivity index is 2.07. The van der Waals surface area contributed by atoms with Crippen LogP contribution in [0.2, 0.25) is 10.0 Å². The van der Waals surface area contributed by atoms with Crippen LogP contribution in [0.25, 0.3) is 11.4 Å². The number of aromatic amines is 1. The number of para-hydroxylation sites is 1. The second-order valence-electron chi connectivity index (χ2n) is 4.75. The summed E-state index contributed by atoms with van der Waals surface area (Å²) in [5.41, 5.74) is 1.44. The molecule has 3 rings (SSSR count). The van der Waals surface area contributed by atoms with Crippen molar-refractivity contribution in [2.75, 3.05) is 7.11 Å². The molecule has 0 unspecified atom stereocenters. The Bertz CT molecular complexity index is 965. The average molecular weight is 379 g/mol. The van der Waals surface area contributed by atoms with Gasteiger partial charge in [0.25, 0.3) is 0 Å². The van der Waals surface area contributed by atoms with Crippen molar-refractivity contribution in [3.8, 4) is 17.1 Å². The number of nitrogens with zero attached hydrogens (tertiary/aromatic N) is 3. The van der Waals surface area contributed by atoms with Gasteiger partial charge >= 0.3 is 0 Å². The van der Waals surface area contributed by atoms with Gasteiger partial charge in [-0.3, -0.25) is 0 Å². The van der Waals surface area contributed by atoms with Crippen LogP contribution in [0.4, 0.5) is 0 Å². The summed E-state index contributed by atoms with van der Waals surface area (Å²) in [6.07, 6.45) is 1.58. The molecule has 0 aliphatic heterocycles. The van der Waals surface area contributed by atoms with E-state index in [-0.39, 0.29) is 0 Å². The van der Waals surface area contributed by atoms with Gasteiger partial charge in [0.2, 0.25) is 4.77 Å². The van der Waals surface area contributed by atoms with E-state index in [4.69, 9.17) is 40.2 Å². The Labute approximate surface area is 153 Å². The number of hydrogen-bond donors (Lipinski definition) is 1. The summed E-state index contributed by atoms with van der Waals surface area (Å²) >= 11 is 17.4. The van der Waals surface area contributed by atoms with E-state index in [1.165, 1.54) is 4.68 Å². The average Bonchev–Trinajstić information content (AvgIpc) is 2.97. The van der Waals surface area contributed by atoms with E-state index in [1.54, 1.807) is 25.5 Å². The van der Waals surface area contributed by atoms with Crippen LogP contribution in [0.1, 0.15) is 5.56 Å². The molecule has 1 heterocycles. The number of nitrogens with one attached hydrogen (secondary N) is 1. The van der Waals surface area contributed by atoms with E-state index in [9.17, 15) is 0 Å². The molecule has 5 nitrogen and oxygen atoms in total. The number of ether oxygens (including phenoxy) is 1. The van der Waals surface area contributed by atoms with E-state index in [0.717, 1.165) is 5.56 Å². The predicted octanol–water partition coefficient (Wildman–Crippen LogP) is 4.81. The second kappa shape index (κ2) is 7.17. The molecule has 0 aliphatic rings. The summed E-state index contributed by atoms with van der Waals surface area (Å²) in [5, 5.41) is 12.2. The summed E-state index contributed by atoms with van der Waals surface area (Å²) in [4.78, 5) is 0. The molecule has 0 aliphatic carbocycles. The van der Waals surface area contributed by atoms with Crippen LogP contribution in [0.5, 0.6) is 5.75 Å². The van der Waals surface area contributed by atoms with E-state index < -0.39 is 0 Å². The highest BCUT2D eigenvalue weighted by Gasteiger charge is 2.13. The Kier molecular flexibility index (Phi) is 4.99. The second-order valence-corrected chi connectivity index (χ2v) is 5.92. The normalized spacial score (nSPS) is 11.1. The first-order chi connectivity index (χ1) is 11.6. The van der Waals surface area contributed by atoms with Crippen molar-refractivity contribution in [1.82, 2.24) is 14.9 Å². The van der Waals surface area contributed by atoms with Gasteiger partial charge in [-0.25, -0.2) is 5.10 Å². The fourth-order valence-electron chi connectivity index (χ4n) is 2.14. The number of methoxy groups -OCH3 is 1. The lowest BCUT2D eigenvalue weighted by Crippen LogP contribution is -1.97. The van der Waals surface area contributed by atoms with Gasteiger partial charge in [0, 0.05) is 5.56 Å². The lowest BCUT2D eigenvalue weighted by molar-refractivity contribution is 0.416. The lowest BCUT2D eigenvalue weighted by atomic mass is 10.2. The molecule has 0 saturated carbocycles. The van der Waals surface area contributed by atoms with Gasteiger partial charge in [-0.05, 0) is 30.4 Å². The topological polar surface area (TPSA) is 55.2 Å². The minimum absolute atomic E-state index is 0.352. The lowest BCUT2D eigenvalue weighted by Gasteiger charge is -2.07. The molecule has 0 radical (unpaired) electrons. The van der Waals surface area contributed by atoms with Crippen LogP contribution in [0.15, 0.2) is 47.6 Å². The van der Waals surface area contributed by atoms with Gasteiger partial charge < -0.3 is 4.74 Å². The Hall–Kier alpha value is -2.15. The summed E-state index contributed by atoms with van der Waals surface area (Å²) in [5.74, 6) is 1.20.